The van der Waals surface area contributed by atoms with Gasteiger partial charge in [-0.05, 0) is 24.1 Å². The van der Waals surface area contributed by atoms with Crippen LogP contribution in [0.1, 0.15) is 42.6 Å². The van der Waals surface area contributed by atoms with E-state index in [2.05, 4.69) is 27.3 Å². The van der Waals surface area contributed by atoms with Crippen LogP contribution in [0.15, 0.2) is 46.6 Å². The maximum Gasteiger partial charge on any atom is 0.226 e. The van der Waals surface area contributed by atoms with Crippen molar-refractivity contribution in [1.29, 1.82) is 0 Å². The first-order chi connectivity index (χ1) is 12.7. The molecule has 1 aliphatic heterocycles. The molecule has 1 amide bonds. The molecule has 1 aliphatic rings. The lowest BCUT2D eigenvalue weighted by Crippen LogP contribution is -2.25. The largest absolute Gasteiger partial charge is 0.467 e. The van der Waals surface area contributed by atoms with Gasteiger partial charge in [-0.1, -0.05) is 18.7 Å². The zero-order valence-electron chi connectivity index (χ0n) is 14.4. The number of amides is 1. The molecule has 4 heterocycles. The van der Waals surface area contributed by atoms with E-state index < -0.39 is 0 Å². The summed E-state index contributed by atoms with van der Waals surface area (Å²) >= 11 is 1.64. The number of hydrogen-bond donors (Lipinski definition) is 1. The summed E-state index contributed by atoms with van der Waals surface area (Å²) in [5.41, 5.74) is 1.91. The first-order valence-corrected chi connectivity index (χ1v) is 9.56. The molecule has 0 unspecified atom stereocenters. The number of furan rings is 1. The van der Waals surface area contributed by atoms with Gasteiger partial charge in [-0.15, -0.1) is 0 Å². The Labute approximate surface area is 155 Å². The summed E-state index contributed by atoms with van der Waals surface area (Å²) in [4.78, 5) is 21.1. The Kier molecular flexibility index (Phi) is 4.75. The minimum Gasteiger partial charge on any atom is -0.467 e. The molecule has 1 atom stereocenters. The summed E-state index contributed by atoms with van der Waals surface area (Å²) in [6.07, 6.45) is 8.52. The van der Waals surface area contributed by atoms with E-state index in [1.165, 1.54) is 0 Å². The molecule has 26 heavy (non-hydrogen) atoms. The van der Waals surface area contributed by atoms with Gasteiger partial charge in [0.05, 0.1) is 12.5 Å². The van der Waals surface area contributed by atoms with E-state index in [4.69, 9.17) is 4.42 Å². The SMILES string of the molecule is CCCSc1ncc([C@H]2CC(=O)Nc3c2cnn3Cc2ccco2)cn1. The Hall–Kier alpha value is -2.61. The predicted molar refractivity (Wildman–Crippen MR) is 98.2 cm³/mol. The number of thioether (sulfide) groups is 1. The Morgan fingerprint density at radius 2 is 2.19 bits per heavy atom. The molecular formula is C18H19N5O2S. The molecule has 1 N–H and O–H groups in total. The van der Waals surface area contributed by atoms with Gasteiger partial charge in [0.25, 0.3) is 0 Å². The van der Waals surface area contributed by atoms with Crippen LogP contribution in [0.3, 0.4) is 0 Å². The number of carbonyl (C=O) groups is 1. The van der Waals surface area contributed by atoms with Gasteiger partial charge in [-0.2, -0.15) is 5.10 Å². The van der Waals surface area contributed by atoms with Gasteiger partial charge in [-0.3, -0.25) is 4.79 Å². The Morgan fingerprint density at radius 3 is 2.92 bits per heavy atom. The molecule has 7 nitrogen and oxygen atoms in total. The molecule has 0 fully saturated rings. The molecular weight excluding hydrogens is 350 g/mol. The molecule has 0 saturated carbocycles. The predicted octanol–water partition coefficient (Wildman–Crippen LogP) is 3.29. The number of rotatable bonds is 6. The summed E-state index contributed by atoms with van der Waals surface area (Å²) < 4.78 is 7.14. The van der Waals surface area contributed by atoms with Crippen molar-refractivity contribution in [3.05, 3.63) is 53.9 Å². The lowest BCUT2D eigenvalue weighted by Gasteiger charge is -2.23. The fourth-order valence-corrected chi connectivity index (χ4v) is 3.65. The van der Waals surface area contributed by atoms with Crippen molar-refractivity contribution in [2.24, 2.45) is 0 Å². The molecule has 3 aromatic rings. The maximum absolute atomic E-state index is 12.2. The highest BCUT2D eigenvalue weighted by molar-refractivity contribution is 7.99. The van der Waals surface area contributed by atoms with Crippen molar-refractivity contribution in [1.82, 2.24) is 19.7 Å². The minimum atomic E-state index is -0.0886. The molecule has 4 rings (SSSR count). The Bertz CT molecular complexity index is 889. The zero-order chi connectivity index (χ0) is 17.9. The van der Waals surface area contributed by atoms with Gasteiger partial charge in [0.15, 0.2) is 5.16 Å². The van der Waals surface area contributed by atoms with Crippen molar-refractivity contribution in [3.63, 3.8) is 0 Å². The van der Waals surface area contributed by atoms with Gasteiger partial charge in [0, 0.05) is 36.0 Å². The molecule has 0 radical (unpaired) electrons. The van der Waals surface area contributed by atoms with E-state index in [0.29, 0.717) is 18.8 Å². The second-order valence-electron chi connectivity index (χ2n) is 6.14. The Balaban J connectivity index is 1.61. The van der Waals surface area contributed by atoms with E-state index in [9.17, 15) is 4.79 Å². The zero-order valence-corrected chi connectivity index (χ0v) is 15.2. The number of aromatic nitrogens is 4. The molecule has 8 heteroatoms. The van der Waals surface area contributed by atoms with Crippen LogP contribution < -0.4 is 5.32 Å². The Morgan fingerprint density at radius 1 is 1.35 bits per heavy atom. The topological polar surface area (TPSA) is 85.8 Å². The minimum absolute atomic E-state index is 0.0341. The first kappa shape index (κ1) is 16.8. The van der Waals surface area contributed by atoms with Crippen LogP contribution >= 0.6 is 11.8 Å². The summed E-state index contributed by atoms with van der Waals surface area (Å²) in [6.45, 7) is 2.60. The average Bonchev–Trinajstić information content (AvgIpc) is 3.31. The smallest absolute Gasteiger partial charge is 0.226 e. The lowest BCUT2D eigenvalue weighted by atomic mass is 9.89. The average molecular weight is 369 g/mol. The highest BCUT2D eigenvalue weighted by Gasteiger charge is 2.30. The summed E-state index contributed by atoms with van der Waals surface area (Å²) in [5.74, 6) is 2.37. The normalized spacial score (nSPS) is 16.3. The standard InChI is InChI=1S/C18H19N5O2S/c1-2-6-26-18-19-8-12(9-20-18)14-7-16(24)22-17-15(14)10-21-23(17)11-13-4-3-5-25-13/h3-5,8-10,14H,2,6-7,11H2,1H3,(H,22,24)/t14-/m1/s1. The molecule has 0 bridgehead atoms. The van der Waals surface area contributed by atoms with Gasteiger partial charge < -0.3 is 9.73 Å². The van der Waals surface area contributed by atoms with Gasteiger partial charge in [-0.25, -0.2) is 14.6 Å². The van der Waals surface area contributed by atoms with Crippen LogP contribution in [0.5, 0.6) is 0 Å². The summed E-state index contributed by atoms with van der Waals surface area (Å²) in [6, 6.07) is 3.72. The van der Waals surface area contributed by atoms with Crippen molar-refractivity contribution < 1.29 is 9.21 Å². The third-order valence-corrected chi connectivity index (χ3v) is 5.34. The summed E-state index contributed by atoms with van der Waals surface area (Å²) in [5, 5.41) is 8.14. The fraction of sp³-hybridized carbons (Fsp3) is 0.333. The third kappa shape index (κ3) is 3.37. The molecule has 0 spiro atoms. The highest BCUT2D eigenvalue weighted by Crippen LogP contribution is 2.37. The molecule has 0 aromatic carbocycles. The third-order valence-electron chi connectivity index (χ3n) is 4.26. The molecule has 0 aliphatic carbocycles. The molecule has 134 valence electrons. The quantitative estimate of drug-likeness (QED) is 0.530. The number of fused-ring (bicyclic) bond motifs is 1. The fourth-order valence-electron chi connectivity index (χ4n) is 3.01. The van der Waals surface area contributed by atoms with Crippen LogP contribution in [-0.4, -0.2) is 31.4 Å². The van der Waals surface area contributed by atoms with E-state index in [1.807, 2.05) is 30.7 Å². The number of nitrogens with one attached hydrogen (secondary N) is 1. The molecule has 3 aromatic heterocycles. The first-order valence-electron chi connectivity index (χ1n) is 8.57. The van der Waals surface area contributed by atoms with Gasteiger partial charge in [0.2, 0.25) is 5.91 Å². The second-order valence-corrected chi connectivity index (χ2v) is 7.20. The van der Waals surface area contributed by atoms with Crippen molar-refractivity contribution in [2.45, 2.75) is 37.4 Å². The molecule has 0 saturated heterocycles. The number of nitrogens with zero attached hydrogens (tertiary/aromatic N) is 4. The number of anilines is 1. The van der Waals surface area contributed by atoms with Crippen LogP contribution in [-0.2, 0) is 11.3 Å². The van der Waals surface area contributed by atoms with E-state index >= 15 is 0 Å². The van der Waals surface area contributed by atoms with Crippen molar-refractivity contribution in [2.75, 3.05) is 11.1 Å². The monoisotopic (exact) mass is 369 g/mol. The number of carbonyl (C=O) groups excluding carboxylic acids is 1. The lowest BCUT2D eigenvalue weighted by molar-refractivity contribution is -0.116. The summed E-state index contributed by atoms with van der Waals surface area (Å²) in [7, 11) is 0. The van der Waals surface area contributed by atoms with Crippen molar-refractivity contribution in [3.8, 4) is 0 Å². The van der Waals surface area contributed by atoms with Crippen LogP contribution in [0.2, 0.25) is 0 Å². The number of hydrogen-bond acceptors (Lipinski definition) is 6. The maximum atomic E-state index is 12.2. The van der Waals surface area contributed by atoms with Crippen molar-refractivity contribution >= 4 is 23.5 Å². The van der Waals surface area contributed by atoms with Gasteiger partial charge in [0.1, 0.15) is 18.1 Å². The van der Waals surface area contributed by atoms with Crippen LogP contribution in [0.25, 0.3) is 0 Å². The van der Waals surface area contributed by atoms with E-state index in [-0.39, 0.29) is 11.8 Å². The highest BCUT2D eigenvalue weighted by atomic mass is 32.2. The van der Waals surface area contributed by atoms with Crippen LogP contribution in [0, 0.1) is 0 Å². The van der Waals surface area contributed by atoms with E-state index in [0.717, 1.165) is 34.2 Å². The van der Waals surface area contributed by atoms with Gasteiger partial charge >= 0.3 is 0 Å². The van der Waals surface area contributed by atoms with E-state index in [1.54, 1.807) is 22.7 Å². The van der Waals surface area contributed by atoms with Crippen LogP contribution in [0.4, 0.5) is 5.82 Å². The second kappa shape index (κ2) is 7.33.